The van der Waals surface area contributed by atoms with E-state index in [1.165, 1.54) is 0 Å². The molecule has 0 amide bonds. The average Bonchev–Trinajstić information content (AvgIpc) is 3.12. The highest BCUT2D eigenvalue weighted by atomic mass is 16.6. The molecule has 0 aromatic carbocycles. The number of rotatable bonds is 4. The molecule has 1 aliphatic carbocycles. The van der Waals surface area contributed by atoms with Crippen LogP contribution in [0.25, 0.3) is 0 Å². The van der Waals surface area contributed by atoms with Crippen LogP contribution in [0.4, 0.5) is 0 Å². The van der Waals surface area contributed by atoms with Crippen LogP contribution in [-0.2, 0) is 20.7 Å². The number of ketones is 1. The largest absolute Gasteiger partial charge is 0.376 e. The van der Waals surface area contributed by atoms with E-state index in [0.717, 1.165) is 12.8 Å². The molecule has 1 saturated carbocycles. The summed E-state index contributed by atoms with van der Waals surface area (Å²) in [5.41, 5.74) is 0. The highest BCUT2D eigenvalue weighted by Gasteiger charge is 2.31. The quantitative estimate of drug-likeness (QED) is 0.767. The van der Waals surface area contributed by atoms with Crippen LogP contribution >= 0.6 is 0 Å². The summed E-state index contributed by atoms with van der Waals surface area (Å²) in [6.07, 6.45) is 1.97. The van der Waals surface area contributed by atoms with E-state index in [1.807, 2.05) is 0 Å². The second-order valence-corrected chi connectivity index (χ2v) is 4.40. The van der Waals surface area contributed by atoms with E-state index < -0.39 is 0 Å². The fourth-order valence-electron chi connectivity index (χ4n) is 1.81. The fourth-order valence-corrected chi connectivity index (χ4v) is 1.81. The molecular weight excluding hydrogens is 224 g/mol. The predicted octanol–water partition coefficient (Wildman–Crippen LogP) is 0.679. The molecule has 3 rings (SSSR count). The number of hydrogen-bond acceptors (Lipinski definition) is 6. The molecule has 0 bridgehead atoms. The smallest absolute Gasteiger partial charge is 0.234 e. The summed E-state index contributed by atoms with van der Waals surface area (Å²) < 4.78 is 15.8. The van der Waals surface area contributed by atoms with Gasteiger partial charge in [-0.3, -0.25) is 4.79 Å². The Balaban J connectivity index is 1.62. The second kappa shape index (κ2) is 4.54. The molecule has 0 radical (unpaired) electrons. The summed E-state index contributed by atoms with van der Waals surface area (Å²) in [5, 5.41) is 3.83. The first-order valence-corrected chi connectivity index (χ1v) is 5.87. The van der Waals surface area contributed by atoms with Crippen molar-refractivity contribution in [1.29, 1.82) is 0 Å². The summed E-state index contributed by atoms with van der Waals surface area (Å²) in [6.45, 7) is 1.58. The maximum absolute atomic E-state index is 11.6. The van der Waals surface area contributed by atoms with Crippen molar-refractivity contribution in [2.24, 2.45) is 5.92 Å². The molecule has 2 aliphatic rings. The number of ether oxygens (including phenoxy) is 2. The Hall–Kier alpha value is -1.27. The minimum absolute atomic E-state index is 0.195. The van der Waals surface area contributed by atoms with Gasteiger partial charge in [-0.15, -0.1) is 0 Å². The minimum atomic E-state index is -0.266. The van der Waals surface area contributed by atoms with Gasteiger partial charge in [0.2, 0.25) is 11.7 Å². The first-order chi connectivity index (χ1) is 8.33. The van der Waals surface area contributed by atoms with Crippen LogP contribution in [0.1, 0.15) is 30.7 Å². The van der Waals surface area contributed by atoms with E-state index in [0.29, 0.717) is 31.5 Å². The van der Waals surface area contributed by atoms with Crippen LogP contribution in [0.5, 0.6) is 0 Å². The topological polar surface area (TPSA) is 74.5 Å². The van der Waals surface area contributed by atoms with Gasteiger partial charge in [0.05, 0.1) is 26.2 Å². The number of carbonyl (C=O) groups is 1. The molecule has 6 nitrogen and oxygen atoms in total. The van der Waals surface area contributed by atoms with E-state index in [2.05, 4.69) is 10.1 Å². The van der Waals surface area contributed by atoms with Gasteiger partial charge in [0.1, 0.15) is 11.9 Å². The van der Waals surface area contributed by atoms with Crippen molar-refractivity contribution in [3.63, 3.8) is 0 Å². The van der Waals surface area contributed by atoms with Crippen LogP contribution in [-0.4, -0.2) is 35.7 Å². The second-order valence-electron chi connectivity index (χ2n) is 4.40. The maximum atomic E-state index is 11.6. The summed E-state index contributed by atoms with van der Waals surface area (Å²) in [7, 11) is 0. The molecule has 1 atom stereocenters. The molecule has 92 valence electrons. The zero-order valence-electron chi connectivity index (χ0n) is 9.42. The molecule has 0 spiro atoms. The zero-order chi connectivity index (χ0) is 11.7. The van der Waals surface area contributed by atoms with E-state index in [-0.39, 0.29) is 24.2 Å². The maximum Gasteiger partial charge on any atom is 0.234 e. The molecule has 1 saturated heterocycles. The standard InChI is InChI=1S/C11H14N2O4/c14-8(7-1-2-7)5-10-12-11(13-17-10)9-6-15-3-4-16-9/h7,9H,1-6H2. The molecule has 1 unspecified atom stereocenters. The number of hydrogen-bond donors (Lipinski definition) is 0. The highest BCUT2D eigenvalue weighted by molar-refractivity contribution is 5.84. The molecular formula is C11H14N2O4. The van der Waals surface area contributed by atoms with Gasteiger partial charge in [0.25, 0.3) is 0 Å². The minimum Gasteiger partial charge on any atom is -0.376 e. The molecule has 1 aromatic rings. The SMILES string of the molecule is O=C(Cc1nc(C2COCCO2)no1)C1CC1. The van der Waals surface area contributed by atoms with Gasteiger partial charge in [-0.2, -0.15) is 4.98 Å². The van der Waals surface area contributed by atoms with Crippen molar-refractivity contribution in [2.75, 3.05) is 19.8 Å². The van der Waals surface area contributed by atoms with Crippen molar-refractivity contribution >= 4 is 5.78 Å². The molecule has 2 heterocycles. The number of aromatic nitrogens is 2. The van der Waals surface area contributed by atoms with Crippen molar-refractivity contribution in [3.05, 3.63) is 11.7 Å². The molecule has 17 heavy (non-hydrogen) atoms. The van der Waals surface area contributed by atoms with Gasteiger partial charge in [0.15, 0.2) is 0 Å². The number of Topliss-reactive ketones (excluding diaryl/α,β-unsaturated/α-hetero) is 1. The Bertz CT molecular complexity index is 407. The first kappa shape index (κ1) is 10.9. The summed E-state index contributed by atoms with van der Waals surface area (Å²) in [5.74, 6) is 1.27. The lowest BCUT2D eigenvalue weighted by Gasteiger charge is -2.19. The van der Waals surface area contributed by atoms with Crippen LogP contribution in [0.3, 0.4) is 0 Å². The van der Waals surface area contributed by atoms with Crippen LogP contribution in [0, 0.1) is 5.92 Å². The third-order valence-electron chi connectivity index (χ3n) is 2.95. The normalized spacial score (nSPS) is 24.8. The van der Waals surface area contributed by atoms with Gasteiger partial charge in [-0.1, -0.05) is 5.16 Å². The van der Waals surface area contributed by atoms with Crippen LogP contribution in [0.15, 0.2) is 4.52 Å². The van der Waals surface area contributed by atoms with Gasteiger partial charge in [-0.05, 0) is 12.8 Å². The number of nitrogens with zero attached hydrogens (tertiary/aromatic N) is 2. The third-order valence-corrected chi connectivity index (χ3v) is 2.95. The highest BCUT2D eigenvalue weighted by Crippen LogP contribution is 2.30. The lowest BCUT2D eigenvalue weighted by atomic mass is 10.2. The van der Waals surface area contributed by atoms with Crippen molar-refractivity contribution < 1.29 is 18.8 Å². The molecule has 0 N–H and O–H groups in total. The van der Waals surface area contributed by atoms with Gasteiger partial charge in [-0.25, -0.2) is 0 Å². The Morgan fingerprint density at radius 1 is 1.35 bits per heavy atom. The van der Waals surface area contributed by atoms with Gasteiger partial charge >= 0.3 is 0 Å². The summed E-state index contributed by atoms with van der Waals surface area (Å²) in [6, 6.07) is 0. The molecule has 1 aromatic heterocycles. The van der Waals surface area contributed by atoms with Crippen LogP contribution in [0.2, 0.25) is 0 Å². The van der Waals surface area contributed by atoms with Crippen molar-refractivity contribution in [2.45, 2.75) is 25.4 Å². The average molecular weight is 238 g/mol. The number of carbonyl (C=O) groups excluding carboxylic acids is 1. The zero-order valence-corrected chi connectivity index (χ0v) is 9.42. The Labute approximate surface area is 98.3 Å². The Kier molecular flexibility index (Phi) is 2.90. The Morgan fingerprint density at radius 2 is 2.24 bits per heavy atom. The first-order valence-electron chi connectivity index (χ1n) is 5.87. The lowest BCUT2D eigenvalue weighted by Crippen LogP contribution is -2.22. The van der Waals surface area contributed by atoms with Crippen molar-refractivity contribution in [3.8, 4) is 0 Å². The predicted molar refractivity (Wildman–Crippen MR) is 55.2 cm³/mol. The summed E-state index contributed by atoms with van der Waals surface area (Å²) >= 11 is 0. The Morgan fingerprint density at radius 3 is 2.94 bits per heavy atom. The van der Waals surface area contributed by atoms with Gasteiger partial charge in [0, 0.05) is 5.92 Å². The van der Waals surface area contributed by atoms with Crippen LogP contribution < -0.4 is 0 Å². The summed E-state index contributed by atoms with van der Waals surface area (Å²) in [4.78, 5) is 15.8. The fraction of sp³-hybridized carbons (Fsp3) is 0.727. The van der Waals surface area contributed by atoms with E-state index in [9.17, 15) is 4.79 Å². The monoisotopic (exact) mass is 238 g/mol. The van der Waals surface area contributed by atoms with Crippen molar-refractivity contribution in [1.82, 2.24) is 10.1 Å². The lowest BCUT2D eigenvalue weighted by molar-refractivity contribution is -0.119. The molecule has 1 aliphatic heterocycles. The third kappa shape index (κ3) is 2.53. The molecule has 2 fully saturated rings. The van der Waals surface area contributed by atoms with E-state index >= 15 is 0 Å². The van der Waals surface area contributed by atoms with E-state index in [1.54, 1.807) is 0 Å². The van der Waals surface area contributed by atoms with E-state index in [4.69, 9.17) is 14.0 Å². The van der Waals surface area contributed by atoms with Gasteiger partial charge < -0.3 is 14.0 Å². The molecule has 6 heteroatoms.